The van der Waals surface area contributed by atoms with Crippen LogP contribution in [0.1, 0.15) is 25.8 Å². The largest absolute Gasteiger partial charge is 0.273 e. The van der Waals surface area contributed by atoms with E-state index in [1.165, 1.54) is 0 Å². The van der Waals surface area contributed by atoms with Crippen molar-refractivity contribution < 1.29 is 9.00 Å². The van der Waals surface area contributed by atoms with Crippen LogP contribution in [0.3, 0.4) is 0 Å². The molecule has 0 radical (unpaired) electrons. The number of allylic oxidation sites excluding steroid dienone is 2. The first kappa shape index (κ1) is 14.7. The summed E-state index contributed by atoms with van der Waals surface area (Å²) in [6.07, 6.45) is 4.12. The number of nitrogens with zero attached hydrogens (tertiary/aromatic N) is 1. The highest BCUT2D eigenvalue weighted by Gasteiger charge is 2.18. The minimum atomic E-state index is -0.957. The van der Waals surface area contributed by atoms with Crippen LogP contribution in [0.5, 0.6) is 0 Å². The molecule has 1 aromatic rings. The molecule has 0 saturated heterocycles. The quantitative estimate of drug-likeness (QED) is 0.929. The summed E-state index contributed by atoms with van der Waals surface area (Å²) in [5.41, 5.74) is 5.52. The monoisotopic (exact) mass is 290 g/mol. The van der Waals surface area contributed by atoms with Gasteiger partial charge in [-0.05, 0) is 36.3 Å². The average Bonchev–Trinajstić information content (AvgIpc) is 2.42. The molecular formula is C15H18N2O2S. The van der Waals surface area contributed by atoms with E-state index >= 15 is 0 Å². The Morgan fingerprint density at radius 2 is 2.05 bits per heavy atom. The van der Waals surface area contributed by atoms with Crippen LogP contribution in [0, 0.1) is 5.92 Å². The minimum absolute atomic E-state index is 0.0397. The number of benzene rings is 1. The van der Waals surface area contributed by atoms with Gasteiger partial charge < -0.3 is 0 Å². The van der Waals surface area contributed by atoms with Crippen molar-refractivity contribution in [1.29, 1.82) is 0 Å². The fraction of sp³-hybridized carbons (Fsp3) is 0.333. The predicted molar refractivity (Wildman–Crippen MR) is 81.8 cm³/mol. The first-order chi connectivity index (χ1) is 9.47. The molecule has 5 heteroatoms. The smallest absolute Gasteiger partial charge is 0.240 e. The van der Waals surface area contributed by atoms with Crippen molar-refractivity contribution in [2.24, 2.45) is 11.0 Å². The zero-order valence-electron chi connectivity index (χ0n) is 11.8. The summed E-state index contributed by atoms with van der Waals surface area (Å²) in [4.78, 5) is 12.0. The molecule has 0 aliphatic carbocycles. The number of amides is 1. The number of hydrazone groups is 1. The highest BCUT2D eigenvalue weighted by atomic mass is 32.2. The van der Waals surface area contributed by atoms with Gasteiger partial charge >= 0.3 is 0 Å². The molecule has 1 N–H and O–H groups in total. The van der Waals surface area contributed by atoms with Crippen molar-refractivity contribution in [1.82, 2.24) is 5.43 Å². The van der Waals surface area contributed by atoms with Gasteiger partial charge in [0.15, 0.2) is 0 Å². The van der Waals surface area contributed by atoms with Crippen LogP contribution >= 0.6 is 0 Å². The van der Waals surface area contributed by atoms with Gasteiger partial charge in [0.2, 0.25) is 5.91 Å². The summed E-state index contributed by atoms with van der Waals surface area (Å²) < 4.78 is 11.4. The van der Waals surface area contributed by atoms with Gasteiger partial charge in [-0.1, -0.05) is 19.1 Å². The average molecular weight is 290 g/mol. The van der Waals surface area contributed by atoms with Gasteiger partial charge in [-0.25, -0.2) is 5.43 Å². The molecule has 4 nitrogen and oxygen atoms in total. The zero-order valence-corrected chi connectivity index (χ0v) is 12.7. The fourth-order valence-corrected chi connectivity index (χ4v) is 2.57. The van der Waals surface area contributed by atoms with Gasteiger partial charge in [0, 0.05) is 34.3 Å². The van der Waals surface area contributed by atoms with Crippen LogP contribution in [-0.4, -0.2) is 22.1 Å². The topological polar surface area (TPSA) is 58.5 Å². The Labute approximate surface area is 121 Å². The second-order valence-corrected chi connectivity index (χ2v) is 6.36. The number of rotatable bonds is 3. The van der Waals surface area contributed by atoms with Gasteiger partial charge in [-0.3, -0.25) is 9.00 Å². The van der Waals surface area contributed by atoms with E-state index in [2.05, 4.69) is 10.5 Å². The first-order valence-electron chi connectivity index (χ1n) is 6.46. The predicted octanol–water partition coefficient (Wildman–Crippen LogP) is 2.34. The molecule has 0 saturated carbocycles. The Balaban J connectivity index is 2.22. The lowest BCUT2D eigenvalue weighted by Gasteiger charge is -2.17. The molecule has 0 fully saturated rings. The third-order valence-corrected chi connectivity index (χ3v) is 4.25. The minimum Gasteiger partial charge on any atom is -0.273 e. The van der Waals surface area contributed by atoms with Gasteiger partial charge in [-0.15, -0.1) is 0 Å². The Kier molecular flexibility index (Phi) is 4.49. The van der Waals surface area contributed by atoms with Crippen molar-refractivity contribution in [2.75, 3.05) is 6.26 Å². The molecule has 0 spiro atoms. The van der Waals surface area contributed by atoms with Crippen LogP contribution in [0.4, 0.5) is 0 Å². The summed E-state index contributed by atoms with van der Waals surface area (Å²) in [5.74, 6) is 0.0863. The molecule has 1 aliphatic heterocycles. The number of carbonyl (C=O) groups is 1. The van der Waals surface area contributed by atoms with Crippen molar-refractivity contribution >= 4 is 28.0 Å². The molecular weight excluding hydrogens is 272 g/mol. The lowest BCUT2D eigenvalue weighted by molar-refractivity contribution is -0.121. The summed E-state index contributed by atoms with van der Waals surface area (Å²) >= 11 is 0. The molecule has 106 valence electrons. The normalized spacial score (nSPS) is 21.1. The molecule has 1 amide bonds. The molecule has 1 aliphatic rings. The second-order valence-electron chi connectivity index (χ2n) is 4.98. The molecule has 2 rings (SSSR count). The molecule has 20 heavy (non-hydrogen) atoms. The maximum atomic E-state index is 11.4. The van der Waals surface area contributed by atoms with E-state index < -0.39 is 10.8 Å². The number of nitrogens with one attached hydrogen (secondary N) is 1. The van der Waals surface area contributed by atoms with E-state index in [1.54, 1.807) is 6.26 Å². The number of hydrogen-bond donors (Lipinski definition) is 1. The van der Waals surface area contributed by atoms with Gasteiger partial charge in [0.25, 0.3) is 0 Å². The van der Waals surface area contributed by atoms with E-state index in [4.69, 9.17) is 0 Å². The van der Waals surface area contributed by atoms with Crippen LogP contribution < -0.4 is 5.43 Å². The molecule has 1 heterocycles. The molecule has 1 aromatic carbocycles. The lowest BCUT2D eigenvalue weighted by atomic mass is 9.96. The maximum absolute atomic E-state index is 11.4. The van der Waals surface area contributed by atoms with E-state index in [-0.39, 0.29) is 11.8 Å². The first-order valence-corrected chi connectivity index (χ1v) is 8.01. The zero-order chi connectivity index (χ0) is 14.7. The third kappa shape index (κ3) is 3.42. The highest BCUT2D eigenvalue weighted by molar-refractivity contribution is 7.84. The van der Waals surface area contributed by atoms with Crippen LogP contribution in [-0.2, 0) is 15.6 Å². The lowest BCUT2D eigenvalue weighted by Crippen LogP contribution is -2.30. The van der Waals surface area contributed by atoms with E-state index in [9.17, 15) is 9.00 Å². The number of carbonyl (C=O) groups excluding carboxylic acids is 1. The SMILES string of the molecule is CC(=CC1=NNC(=O)CC1C)c1ccc(S(C)=O)cc1. The Morgan fingerprint density at radius 1 is 1.40 bits per heavy atom. The standard InChI is InChI=1S/C15H18N2O2S/c1-10(8-14-11(2)9-15(18)17-16-14)12-4-6-13(7-5-12)20(3)19/h4-8,11H,9H2,1-3H3,(H,17,18). The summed E-state index contributed by atoms with van der Waals surface area (Å²) in [6, 6.07) is 7.65. The fourth-order valence-electron chi connectivity index (χ4n) is 2.05. The van der Waals surface area contributed by atoms with Crippen LogP contribution in [0.25, 0.3) is 5.57 Å². The third-order valence-electron chi connectivity index (χ3n) is 3.31. The maximum Gasteiger partial charge on any atom is 0.240 e. The molecule has 2 atom stereocenters. The Bertz CT molecular complexity index is 603. The van der Waals surface area contributed by atoms with E-state index in [0.717, 1.165) is 21.7 Å². The van der Waals surface area contributed by atoms with E-state index in [1.807, 2.05) is 44.2 Å². The molecule has 2 unspecified atom stereocenters. The highest BCUT2D eigenvalue weighted by Crippen LogP contribution is 2.19. The van der Waals surface area contributed by atoms with Crippen LogP contribution in [0.15, 0.2) is 40.3 Å². The van der Waals surface area contributed by atoms with Gasteiger partial charge in [0.1, 0.15) is 0 Å². The molecule has 0 aromatic heterocycles. The van der Waals surface area contributed by atoms with Crippen LogP contribution in [0.2, 0.25) is 0 Å². The number of hydrogen-bond acceptors (Lipinski definition) is 3. The van der Waals surface area contributed by atoms with Crippen molar-refractivity contribution in [3.63, 3.8) is 0 Å². The summed E-state index contributed by atoms with van der Waals surface area (Å²) in [5, 5.41) is 4.09. The summed E-state index contributed by atoms with van der Waals surface area (Å²) in [7, 11) is -0.957. The Hall–Kier alpha value is -1.75. The van der Waals surface area contributed by atoms with Crippen molar-refractivity contribution in [2.45, 2.75) is 25.2 Å². The van der Waals surface area contributed by atoms with Gasteiger partial charge in [0.05, 0.1) is 5.71 Å². The summed E-state index contributed by atoms with van der Waals surface area (Å²) in [6.45, 7) is 3.99. The van der Waals surface area contributed by atoms with E-state index in [0.29, 0.717) is 6.42 Å². The Morgan fingerprint density at radius 3 is 2.60 bits per heavy atom. The molecule has 0 bridgehead atoms. The van der Waals surface area contributed by atoms with Crippen molar-refractivity contribution in [3.05, 3.63) is 35.9 Å². The second kappa shape index (κ2) is 6.13. The van der Waals surface area contributed by atoms with Crippen molar-refractivity contribution in [3.8, 4) is 0 Å². The van der Waals surface area contributed by atoms with Gasteiger partial charge in [-0.2, -0.15) is 5.10 Å².